The van der Waals surface area contributed by atoms with Crippen LogP contribution in [0.4, 0.5) is 0 Å². The number of nitrogens with zero attached hydrogens (tertiary/aromatic N) is 2. The van der Waals surface area contributed by atoms with Gasteiger partial charge in [-0.25, -0.2) is 0 Å². The number of carboxylic acid groups (broad SMARTS) is 1. The second-order valence-corrected chi connectivity index (χ2v) is 6.04. The molecule has 2 heterocycles. The molecule has 2 unspecified atom stereocenters. The van der Waals surface area contributed by atoms with Crippen LogP contribution in [0, 0.1) is 5.41 Å². The van der Waals surface area contributed by atoms with Crippen LogP contribution in [0.5, 0.6) is 0 Å². The number of carbonyl (C=O) groups is 3. The number of amides is 2. The first-order valence-electron chi connectivity index (χ1n) is 7.20. The maximum atomic E-state index is 12.3. The minimum absolute atomic E-state index is 0.135. The van der Waals surface area contributed by atoms with E-state index in [9.17, 15) is 19.5 Å². The molecule has 0 radical (unpaired) electrons. The van der Waals surface area contributed by atoms with Gasteiger partial charge in [0.1, 0.15) is 0 Å². The van der Waals surface area contributed by atoms with Crippen molar-refractivity contribution in [1.29, 1.82) is 0 Å². The highest BCUT2D eigenvalue weighted by molar-refractivity contribution is 6.05. The highest BCUT2D eigenvalue weighted by atomic mass is 16.4. The van der Waals surface area contributed by atoms with Gasteiger partial charge >= 0.3 is 5.97 Å². The summed E-state index contributed by atoms with van der Waals surface area (Å²) in [4.78, 5) is 38.7. The van der Waals surface area contributed by atoms with Crippen molar-refractivity contribution in [3.63, 3.8) is 0 Å². The molecule has 2 fully saturated rings. The summed E-state index contributed by atoms with van der Waals surface area (Å²) in [6.07, 6.45) is 2.30. The largest absolute Gasteiger partial charge is 0.481 e. The van der Waals surface area contributed by atoms with Gasteiger partial charge in [0.2, 0.25) is 11.8 Å². The van der Waals surface area contributed by atoms with Crippen molar-refractivity contribution in [3.05, 3.63) is 0 Å². The fourth-order valence-electron chi connectivity index (χ4n) is 3.13. The highest BCUT2D eigenvalue weighted by Crippen LogP contribution is 2.33. The van der Waals surface area contributed by atoms with Gasteiger partial charge in [-0.2, -0.15) is 0 Å². The standard InChI is InChI=1S/C14H22N2O4/c1-3-6-16-11(17)8-10(12(16)18)15-7-4-5-14(2,9-15)13(19)20/h10H,3-9H2,1-2H3,(H,19,20). The molecule has 2 aliphatic rings. The van der Waals surface area contributed by atoms with E-state index in [0.717, 1.165) is 12.8 Å². The molecule has 1 N–H and O–H groups in total. The lowest BCUT2D eigenvalue weighted by Crippen LogP contribution is -2.52. The number of hydrogen-bond donors (Lipinski definition) is 1. The number of carbonyl (C=O) groups excluding carboxylic acids is 2. The summed E-state index contributed by atoms with van der Waals surface area (Å²) in [6, 6.07) is -0.465. The molecule has 0 aromatic heterocycles. The Bertz CT molecular complexity index is 437. The summed E-state index contributed by atoms with van der Waals surface area (Å²) in [7, 11) is 0. The monoisotopic (exact) mass is 282 g/mol. The van der Waals surface area contributed by atoms with Crippen molar-refractivity contribution >= 4 is 17.8 Å². The van der Waals surface area contributed by atoms with E-state index in [2.05, 4.69) is 0 Å². The average Bonchev–Trinajstić information content (AvgIpc) is 2.67. The Kier molecular flexibility index (Phi) is 4.13. The van der Waals surface area contributed by atoms with Gasteiger partial charge in [0.15, 0.2) is 0 Å². The maximum Gasteiger partial charge on any atom is 0.310 e. The van der Waals surface area contributed by atoms with Crippen LogP contribution < -0.4 is 0 Å². The molecule has 0 aromatic rings. The zero-order valence-corrected chi connectivity index (χ0v) is 12.1. The van der Waals surface area contributed by atoms with E-state index in [1.807, 2.05) is 11.8 Å². The van der Waals surface area contributed by atoms with Crippen molar-refractivity contribution in [3.8, 4) is 0 Å². The van der Waals surface area contributed by atoms with Crippen molar-refractivity contribution in [2.45, 2.75) is 45.6 Å². The Labute approximate surface area is 118 Å². The lowest BCUT2D eigenvalue weighted by atomic mass is 9.81. The van der Waals surface area contributed by atoms with Gasteiger partial charge in [-0.05, 0) is 32.7 Å². The van der Waals surface area contributed by atoms with Crippen LogP contribution in [0.2, 0.25) is 0 Å². The Hall–Kier alpha value is -1.43. The Morgan fingerprint density at radius 2 is 2.15 bits per heavy atom. The zero-order chi connectivity index (χ0) is 14.9. The van der Waals surface area contributed by atoms with Crippen molar-refractivity contribution in [1.82, 2.24) is 9.80 Å². The molecule has 0 aromatic carbocycles. The Balaban J connectivity index is 2.10. The number of hydrogen-bond acceptors (Lipinski definition) is 4. The quantitative estimate of drug-likeness (QED) is 0.768. The molecule has 112 valence electrons. The molecule has 0 aliphatic carbocycles. The molecule has 0 spiro atoms. The van der Waals surface area contributed by atoms with Gasteiger partial charge in [0, 0.05) is 13.1 Å². The molecule has 2 amide bonds. The summed E-state index contributed by atoms with van der Waals surface area (Å²) in [5.41, 5.74) is -0.820. The third-order valence-corrected chi connectivity index (χ3v) is 4.35. The van der Waals surface area contributed by atoms with Crippen LogP contribution in [-0.4, -0.2) is 58.4 Å². The minimum atomic E-state index is -0.829. The van der Waals surface area contributed by atoms with Gasteiger partial charge < -0.3 is 5.11 Å². The van der Waals surface area contributed by atoms with Crippen molar-refractivity contribution in [2.75, 3.05) is 19.6 Å². The normalized spacial score (nSPS) is 31.9. The van der Waals surface area contributed by atoms with Crippen LogP contribution in [0.3, 0.4) is 0 Å². The topological polar surface area (TPSA) is 77.9 Å². The first kappa shape index (κ1) is 15.0. The van der Waals surface area contributed by atoms with E-state index in [0.29, 0.717) is 26.1 Å². The van der Waals surface area contributed by atoms with Gasteiger partial charge in [-0.15, -0.1) is 0 Å². The summed E-state index contributed by atoms with van der Waals surface area (Å²) in [5, 5.41) is 9.32. The molecule has 2 atom stereocenters. The van der Waals surface area contributed by atoms with Crippen LogP contribution >= 0.6 is 0 Å². The summed E-state index contributed by atoms with van der Waals surface area (Å²) < 4.78 is 0. The molecule has 2 rings (SSSR count). The van der Waals surface area contributed by atoms with Gasteiger partial charge in [0.25, 0.3) is 0 Å². The maximum absolute atomic E-state index is 12.3. The lowest BCUT2D eigenvalue weighted by Gasteiger charge is -2.39. The Morgan fingerprint density at radius 3 is 2.75 bits per heavy atom. The van der Waals surface area contributed by atoms with Crippen LogP contribution in [0.25, 0.3) is 0 Å². The van der Waals surface area contributed by atoms with Crippen LogP contribution in [0.1, 0.15) is 39.5 Å². The first-order chi connectivity index (χ1) is 9.39. The fraction of sp³-hybridized carbons (Fsp3) is 0.786. The van der Waals surface area contributed by atoms with Crippen molar-refractivity contribution in [2.24, 2.45) is 5.41 Å². The summed E-state index contributed by atoms with van der Waals surface area (Å²) in [6.45, 7) is 5.12. The predicted octanol–water partition coefficient (Wildman–Crippen LogP) is 0.711. The molecule has 2 aliphatic heterocycles. The highest BCUT2D eigenvalue weighted by Gasteiger charge is 2.46. The number of aliphatic carboxylic acids is 1. The van der Waals surface area contributed by atoms with Gasteiger partial charge in [-0.1, -0.05) is 6.92 Å². The number of imide groups is 1. The SMILES string of the molecule is CCCN1C(=O)CC(N2CCCC(C)(C(=O)O)C2)C1=O. The first-order valence-corrected chi connectivity index (χ1v) is 7.20. The van der Waals surface area contributed by atoms with E-state index in [-0.39, 0.29) is 18.2 Å². The number of carboxylic acids is 1. The second kappa shape index (κ2) is 5.52. The lowest BCUT2D eigenvalue weighted by molar-refractivity contribution is -0.153. The number of rotatable bonds is 4. The molecular formula is C14H22N2O4. The molecule has 6 nitrogen and oxygen atoms in total. The average molecular weight is 282 g/mol. The molecule has 20 heavy (non-hydrogen) atoms. The smallest absolute Gasteiger partial charge is 0.310 e. The van der Waals surface area contributed by atoms with E-state index in [4.69, 9.17) is 0 Å². The van der Waals surface area contributed by atoms with E-state index >= 15 is 0 Å². The number of piperidine rings is 1. The van der Waals surface area contributed by atoms with Crippen LogP contribution in [0.15, 0.2) is 0 Å². The van der Waals surface area contributed by atoms with E-state index in [1.165, 1.54) is 4.90 Å². The third kappa shape index (κ3) is 2.57. The Morgan fingerprint density at radius 1 is 1.45 bits per heavy atom. The molecular weight excluding hydrogens is 260 g/mol. The van der Waals surface area contributed by atoms with Gasteiger partial charge in [-0.3, -0.25) is 24.2 Å². The van der Waals surface area contributed by atoms with Crippen molar-refractivity contribution < 1.29 is 19.5 Å². The number of likely N-dealkylation sites (tertiary alicyclic amines) is 2. The fourth-order valence-corrected chi connectivity index (χ4v) is 3.13. The van der Waals surface area contributed by atoms with E-state index < -0.39 is 17.4 Å². The predicted molar refractivity (Wildman–Crippen MR) is 72.0 cm³/mol. The summed E-state index contributed by atoms with van der Waals surface area (Å²) >= 11 is 0. The third-order valence-electron chi connectivity index (χ3n) is 4.35. The van der Waals surface area contributed by atoms with Crippen LogP contribution in [-0.2, 0) is 14.4 Å². The summed E-state index contributed by atoms with van der Waals surface area (Å²) in [5.74, 6) is -1.12. The zero-order valence-electron chi connectivity index (χ0n) is 12.1. The van der Waals surface area contributed by atoms with E-state index in [1.54, 1.807) is 6.92 Å². The molecule has 0 saturated carbocycles. The minimum Gasteiger partial charge on any atom is -0.481 e. The molecule has 6 heteroatoms. The van der Waals surface area contributed by atoms with Gasteiger partial charge in [0.05, 0.1) is 17.9 Å². The second-order valence-electron chi connectivity index (χ2n) is 6.04. The molecule has 2 saturated heterocycles. The molecule has 0 bridgehead atoms.